The lowest BCUT2D eigenvalue weighted by molar-refractivity contribution is -0.165. The van der Waals surface area contributed by atoms with Gasteiger partial charge in [0.15, 0.2) is 0 Å². The van der Waals surface area contributed by atoms with Gasteiger partial charge in [0.25, 0.3) is 11.6 Å². The lowest BCUT2D eigenvalue weighted by Crippen LogP contribution is -2.20. The Labute approximate surface area is 172 Å². The summed E-state index contributed by atoms with van der Waals surface area (Å²) in [7, 11) is 0. The van der Waals surface area contributed by atoms with Crippen molar-refractivity contribution in [2.75, 3.05) is 10.6 Å². The Kier molecular flexibility index (Phi) is 7.46. The largest absolute Gasteiger partial charge is 0.457 e. The van der Waals surface area contributed by atoms with E-state index in [4.69, 9.17) is 4.74 Å². The Morgan fingerprint density at radius 2 is 0.968 bits per heavy atom. The molecule has 0 heterocycles. The first kappa shape index (κ1) is 23.5. The van der Waals surface area contributed by atoms with E-state index in [-0.39, 0.29) is 0 Å². The number of anilines is 2. The highest BCUT2D eigenvalue weighted by Crippen LogP contribution is 2.25. The number of carbonyl (C=O) groups is 2. The minimum atomic E-state index is -4.93. The van der Waals surface area contributed by atoms with Crippen LogP contribution in [0.2, 0.25) is 0 Å². The summed E-state index contributed by atoms with van der Waals surface area (Å²) in [6, 6.07) is 12.1. The summed E-state index contributed by atoms with van der Waals surface area (Å²) in [5, 5.41) is 5.03. The summed E-state index contributed by atoms with van der Waals surface area (Å²) in [6.07, 6.45) is -7.39. The van der Waals surface area contributed by atoms with Gasteiger partial charge in [-0.05, 0) is 48.5 Å². The summed E-state index contributed by atoms with van der Waals surface area (Å²) in [5.74, 6) is -3.17. The molecular weight excluding hydrogens is 430 g/mol. The molecule has 2 aromatic carbocycles. The van der Waals surface area contributed by atoms with Crippen LogP contribution < -0.4 is 15.4 Å². The van der Waals surface area contributed by atoms with E-state index in [1.165, 1.54) is 48.5 Å². The molecule has 0 amide bonds. The van der Waals surface area contributed by atoms with Crippen LogP contribution in [0.15, 0.2) is 73.1 Å². The smallest absolute Gasteiger partial charge is 0.454 e. The van der Waals surface area contributed by atoms with Crippen LogP contribution in [0, 0.1) is 0 Å². The van der Waals surface area contributed by atoms with Gasteiger partial charge in [0, 0.05) is 35.9 Å². The molecule has 164 valence electrons. The van der Waals surface area contributed by atoms with Crippen LogP contribution >= 0.6 is 0 Å². The third kappa shape index (κ3) is 7.88. The van der Waals surface area contributed by atoms with Crippen molar-refractivity contribution in [3.05, 3.63) is 73.1 Å². The highest BCUT2D eigenvalue weighted by Gasteiger charge is 2.36. The first-order valence-corrected chi connectivity index (χ1v) is 8.41. The van der Waals surface area contributed by atoms with E-state index in [9.17, 15) is 35.9 Å². The van der Waals surface area contributed by atoms with E-state index >= 15 is 0 Å². The van der Waals surface area contributed by atoms with Gasteiger partial charge in [-0.15, -0.1) is 0 Å². The Bertz CT molecular complexity index is 883. The lowest BCUT2D eigenvalue weighted by atomic mass is 10.3. The number of carbonyl (C=O) groups excluding carboxylic acids is 2. The molecule has 0 unspecified atom stereocenters. The molecule has 31 heavy (non-hydrogen) atoms. The van der Waals surface area contributed by atoms with Gasteiger partial charge in [0.05, 0.1) is 0 Å². The van der Waals surface area contributed by atoms with Gasteiger partial charge in [-0.1, -0.05) is 0 Å². The van der Waals surface area contributed by atoms with E-state index in [0.29, 0.717) is 35.0 Å². The van der Waals surface area contributed by atoms with Crippen molar-refractivity contribution in [1.82, 2.24) is 0 Å². The predicted molar refractivity (Wildman–Crippen MR) is 101 cm³/mol. The maximum Gasteiger partial charge on any atom is 0.454 e. The van der Waals surface area contributed by atoms with Gasteiger partial charge in [-0.3, -0.25) is 9.59 Å². The van der Waals surface area contributed by atoms with Gasteiger partial charge in [-0.2, -0.15) is 26.3 Å². The van der Waals surface area contributed by atoms with E-state index in [0.717, 1.165) is 12.4 Å². The maximum absolute atomic E-state index is 12.1. The van der Waals surface area contributed by atoms with Crippen molar-refractivity contribution < 1.29 is 40.7 Å². The molecule has 0 aliphatic rings. The first-order chi connectivity index (χ1) is 14.4. The maximum atomic E-state index is 12.1. The molecule has 0 bridgehead atoms. The summed E-state index contributed by atoms with van der Waals surface area (Å²) in [4.78, 5) is 21.4. The lowest BCUT2D eigenvalue weighted by Gasteiger charge is -2.08. The fourth-order valence-corrected chi connectivity index (χ4v) is 1.99. The molecule has 0 saturated carbocycles. The molecule has 0 aliphatic carbocycles. The fraction of sp³-hybridized carbons (Fsp3) is 0.100. The van der Waals surface area contributed by atoms with Crippen LogP contribution in [-0.2, 0) is 9.59 Å². The van der Waals surface area contributed by atoms with Crippen LogP contribution in [0.25, 0.3) is 0 Å². The minimum Gasteiger partial charge on any atom is -0.457 e. The third-order valence-corrected chi connectivity index (χ3v) is 3.47. The zero-order valence-electron chi connectivity index (χ0n) is 15.4. The zero-order valence-corrected chi connectivity index (χ0v) is 15.4. The van der Waals surface area contributed by atoms with Crippen LogP contribution in [0.5, 0.6) is 11.5 Å². The monoisotopic (exact) mass is 444 g/mol. The number of ketones is 2. The zero-order chi connectivity index (χ0) is 23.1. The van der Waals surface area contributed by atoms with E-state index < -0.39 is 23.9 Å². The predicted octanol–water partition coefficient (Wildman–Crippen LogP) is 5.59. The summed E-state index contributed by atoms with van der Waals surface area (Å²) >= 11 is 0. The van der Waals surface area contributed by atoms with E-state index in [1.807, 2.05) is 0 Å². The minimum absolute atomic E-state index is 0.369. The van der Waals surface area contributed by atoms with Gasteiger partial charge < -0.3 is 15.4 Å². The average molecular weight is 444 g/mol. The molecule has 2 rings (SSSR count). The van der Waals surface area contributed by atoms with Crippen LogP contribution in [0.3, 0.4) is 0 Å². The first-order valence-electron chi connectivity index (χ1n) is 8.41. The van der Waals surface area contributed by atoms with E-state index in [2.05, 4.69) is 10.6 Å². The van der Waals surface area contributed by atoms with Crippen LogP contribution in [0.1, 0.15) is 0 Å². The molecule has 0 fully saturated rings. The fourth-order valence-electron chi connectivity index (χ4n) is 1.99. The molecule has 0 saturated heterocycles. The second-order valence-corrected chi connectivity index (χ2v) is 5.83. The SMILES string of the molecule is O=C(/C=C\Nc1ccc(Oc2ccc(N/C=C\C(=O)C(F)(F)F)cc2)cc1)C(F)(F)F. The number of nitrogens with one attached hydrogen (secondary N) is 2. The van der Waals surface area contributed by atoms with E-state index in [1.54, 1.807) is 0 Å². The summed E-state index contributed by atoms with van der Waals surface area (Å²) in [6.45, 7) is 0. The van der Waals surface area contributed by atoms with Crippen molar-refractivity contribution >= 4 is 22.9 Å². The topological polar surface area (TPSA) is 67.4 Å². The third-order valence-electron chi connectivity index (χ3n) is 3.47. The van der Waals surface area contributed by atoms with Crippen molar-refractivity contribution in [2.24, 2.45) is 0 Å². The standard InChI is InChI=1S/C20H14F6N2O3/c21-19(22,23)17(29)9-11-27-13-1-5-15(6-2-13)31-16-7-3-14(4-8-16)28-12-10-18(30)20(24,25)26/h1-12,27-28H/b11-9-,12-10-. The quantitative estimate of drug-likeness (QED) is 0.410. The number of benzene rings is 2. The molecule has 2 N–H and O–H groups in total. The normalized spacial score (nSPS) is 12.2. The number of rotatable bonds is 8. The summed E-state index contributed by atoms with van der Waals surface area (Å²) < 4.78 is 78.1. The molecule has 0 radical (unpaired) electrons. The molecular formula is C20H14F6N2O3. The number of hydrogen-bond acceptors (Lipinski definition) is 5. The van der Waals surface area contributed by atoms with Crippen molar-refractivity contribution in [1.29, 1.82) is 0 Å². The second-order valence-electron chi connectivity index (χ2n) is 5.83. The van der Waals surface area contributed by atoms with Gasteiger partial charge in [0.2, 0.25) is 0 Å². The second kappa shape index (κ2) is 9.83. The Morgan fingerprint density at radius 3 is 1.26 bits per heavy atom. The number of hydrogen-bond donors (Lipinski definition) is 2. The van der Waals surface area contributed by atoms with Gasteiger partial charge in [-0.25, -0.2) is 0 Å². The summed E-state index contributed by atoms with van der Waals surface area (Å²) in [5.41, 5.74) is 0.830. The Balaban J connectivity index is 1.88. The molecule has 2 aromatic rings. The van der Waals surface area contributed by atoms with Gasteiger partial charge >= 0.3 is 12.4 Å². The molecule has 5 nitrogen and oxygen atoms in total. The Morgan fingerprint density at radius 1 is 0.645 bits per heavy atom. The van der Waals surface area contributed by atoms with Crippen molar-refractivity contribution in [2.45, 2.75) is 12.4 Å². The van der Waals surface area contributed by atoms with Crippen LogP contribution in [0.4, 0.5) is 37.7 Å². The van der Waals surface area contributed by atoms with Crippen molar-refractivity contribution in [3.63, 3.8) is 0 Å². The number of alkyl halides is 6. The molecule has 0 aliphatic heterocycles. The molecule has 0 aromatic heterocycles. The van der Waals surface area contributed by atoms with Gasteiger partial charge in [0.1, 0.15) is 11.5 Å². The Hall–Kier alpha value is -3.76. The average Bonchev–Trinajstić information content (AvgIpc) is 2.69. The molecule has 0 atom stereocenters. The molecule has 0 spiro atoms. The molecule has 11 heteroatoms. The number of halogens is 6. The number of allylic oxidation sites excluding steroid dienone is 2. The van der Waals surface area contributed by atoms with Crippen LogP contribution in [-0.4, -0.2) is 23.9 Å². The highest BCUT2D eigenvalue weighted by molar-refractivity contribution is 5.95. The highest BCUT2D eigenvalue weighted by atomic mass is 19.4. The van der Waals surface area contributed by atoms with Crippen molar-refractivity contribution in [3.8, 4) is 11.5 Å². The number of ether oxygens (including phenoxy) is 1.